The van der Waals surface area contributed by atoms with E-state index in [0.717, 1.165) is 24.1 Å². The highest BCUT2D eigenvalue weighted by molar-refractivity contribution is 6.20. The minimum absolute atomic E-state index is 0.0177. The van der Waals surface area contributed by atoms with Crippen molar-refractivity contribution in [1.29, 1.82) is 0 Å². The van der Waals surface area contributed by atoms with Gasteiger partial charge in [0.1, 0.15) is 5.82 Å². The van der Waals surface area contributed by atoms with Gasteiger partial charge in [0.25, 0.3) is 0 Å². The molecule has 14 heavy (non-hydrogen) atoms. The van der Waals surface area contributed by atoms with Crippen LogP contribution in [0.15, 0.2) is 18.2 Å². The Morgan fingerprint density at radius 1 is 1.57 bits per heavy atom. The van der Waals surface area contributed by atoms with Gasteiger partial charge in [-0.05, 0) is 37.1 Å². The van der Waals surface area contributed by atoms with E-state index in [1.165, 1.54) is 6.07 Å². The molecular weight excluding hydrogens is 201 g/mol. The van der Waals surface area contributed by atoms with Crippen molar-refractivity contribution >= 4 is 11.6 Å². The predicted molar refractivity (Wildman–Crippen MR) is 56.2 cm³/mol. The lowest BCUT2D eigenvalue weighted by atomic mass is 9.92. The molecule has 2 rings (SSSR count). The number of hydrogen-bond acceptors (Lipinski definition) is 1. The highest BCUT2D eigenvalue weighted by Crippen LogP contribution is 2.29. The van der Waals surface area contributed by atoms with Gasteiger partial charge in [0.15, 0.2) is 0 Å². The topological polar surface area (TPSA) is 12.0 Å². The zero-order valence-electron chi connectivity index (χ0n) is 8.06. The highest BCUT2D eigenvalue weighted by atomic mass is 35.5. The fourth-order valence-electron chi connectivity index (χ4n) is 2.00. The van der Waals surface area contributed by atoms with E-state index in [4.69, 9.17) is 11.6 Å². The first-order valence-electron chi connectivity index (χ1n) is 4.85. The van der Waals surface area contributed by atoms with Crippen LogP contribution in [0.25, 0.3) is 0 Å². The Hall–Kier alpha value is -0.600. The maximum Gasteiger partial charge on any atom is 0.126 e. The molecule has 0 aromatic heterocycles. The van der Waals surface area contributed by atoms with Crippen LogP contribution in [0.2, 0.25) is 0 Å². The Balaban J connectivity index is 2.44. The summed E-state index contributed by atoms with van der Waals surface area (Å²) in [5.41, 5.74) is 1.84. The van der Waals surface area contributed by atoms with Crippen LogP contribution in [0.3, 0.4) is 0 Å². The van der Waals surface area contributed by atoms with E-state index in [9.17, 15) is 4.39 Å². The molecule has 1 N–H and O–H groups in total. The summed E-state index contributed by atoms with van der Waals surface area (Å²) >= 11 is 6.05. The molecule has 0 aliphatic carbocycles. The van der Waals surface area contributed by atoms with Crippen LogP contribution in [0.4, 0.5) is 4.39 Å². The normalized spacial score (nSPS) is 22.9. The number of rotatable bonds is 1. The molecule has 0 spiro atoms. The minimum atomic E-state index is -0.105. The van der Waals surface area contributed by atoms with Crippen molar-refractivity contribution in [3.8, 4) is 0 Å². The van der Waals surface area contributed by atoms with Gasteiger partial charge in [-0.15, -0.1) is 11.6 Å². The Morgan fingerprint density at radius 2 is 2.36 bits per heavy atom. The molecule has 2 atom stereocenters. The first-order valence-corrected chi connectivity index (χ1v) is 5.28. The summed E-state index contributed by atoms with van der Waals surface area (Å²) in [4.78, 5) is 0. The van der Waals surface area contributed by atoms with Crippen molar-refractivity contribution in [2.24, 2.45) is 0 Å². The largest absolute Gasteiger partial charge is 0.308 e. The van der Waals surface area contributed by atoms with Gasteiger partial charge in [-0.2, -0.15) is 0 Å². The Morgan fingerprint density at radius 3 is 3.07 bits per heavy atom. The summed E-state index contributed by atoms with van der Waals surface area (Å²) in [5.74, 6) is -0.105. The van der Waals surface area contributed by atoms with Crippen molar-refractivity contribution in [3.63, 3.8) is 0 Å². The minimum Gasteiger partial charge on any atom is -0.308 e. The van der Waals surface area contributed by atoms with Gasteiger partial charge in [0, 0.05) is 6.04 Å². The maximum atomic E-state index is 13.4. The molecule has 0 radical (unpaired) electrons. The molecule has 0 saturated carbocycles. The van der Waals surface area contributed by atoms with E-state index >= 15 is 0 Å². The van der Waals surface area contributed by atoms with Crippen molar-refractivity contribution in [3.05, 3.63) is 35.1 Å². The standard InChI is InChI=1S/C11H13ClFN/c1-7(12)11-9-3-2-4-10(13)8(9)5-6-14-11/h2-4,7,11,14H,5-6H2,1H3. The summed E-state index contributed by atoms with van der Waals surface area (Å²) in [5, 5.41) is 3.29. The second-order valence-corrected chi connectivity index (χ2v) is 4.36. The molecular formula is C11H13ClFN. The average molecular weight is 214 g/mol. The Labute approximate surface area is 88.3 Å². The fraction of sp³-hybridized carbons (Fsp3) is 0.455. The lowest BCUT2D eigenvalue weighted by molar-refractivity contribution is 0.480. The van der Waals surface area contributed by atoms with Crippen molar-refractivity contribution in [1.82, 2.24) is 5.32 Å². The summed E-state index contributed by atoms with van der Waals surface area (Å²) in [7, 11) is 0. The second kappa shape index (κ2) is 3.87. The fourth-order valence-corrected chi connectivity index (χ4v) is 2.23. The van der Waals surface area contributed by atoms with E-state index < -0.39 is 0 Å². The summed E-state index contributed by atoms with van der Waals surface area (Å²) in [6, 6.07) is 5.29. The van der Waals surface area contributed by atoms with E-state index in [-0.39, 0.29) is 17.2 Å². The van der Waals surface area contributed by atoms with Crippen LogP contribution in [0.5, 0.6) is 0 Å². The Bertz CT molecular complexity index is 338. The summed E-state index contributed by atoms with van der Waals surface area (Å²) in [6.45, 7) is 2.73. The van der Waals surface area contributed by atoms with Crippen LogP contribution in [0.1, 0.15) is 24.1 Å². The number of nitrogens with one attached hydrogen (secondary N) is 1. The van der Waals surface area contributed by atoms with Gasteiger partial charge in [0.2, 0.25) is 0 Å². The van der Waals surface area contributed by atoms with Gasteiger partial charge in [-0.25, -0.2) is 4.39 Å². The number of benzene rings is 1. The van der Waals surface area contributed by atoms with Crippen LogP contribution in [-0.4, -0.2) is 11.9 Å². The lowest BCUT2D eigenvalue weighted by Gasteiger charge is -2.28. The number of halogens is 2. The molecule has 2 unspecified atom stereocenters. The third kappa shape index (κ3) is 1.64. The van der Waals surface area contributed by atoms with E-state index in [2.05, 4.69) is 5.32 Å². The molecule has 1 nitrogen and oxygen atoms in total. The van der Waals surface area contributed by atoms with E-state index in [1.807, 2.05) is 13.0 Å². The number of alkyl halides is 1. The first-order chi connectivity index (χ1) is 6.70. The first kappa shape index (κ1) is 9.94. The summed E-state index contributed by atoms with van der Waals surface area (Å²) < 4.78 is 13.4. The smallest absolute Gasteiger partial charge is 0.126 e. The van der Waals surface area contributed by atoms with Crippen LogP contribution < -0.4 is 5.32 Å². The molecule has 0 saturated heterocycles. The molecule has 76 valence electrons. The molecule has 1 aliphatic heterocycles. The SMILES string of the molecule is CC(Cl)C1NCCc2c(F)cccc21. The lowest BCUT2D eigenvalue weighted by Crippen LogP contribution is -2.34. The number of hydrogen-bond donors (Lipinski definition) is 1. The third-order valence-corrected chi connectivity index (χ3v) is 2.94. The monoisotopic (exact) mass is 213 g/mol. The van der Waals surface area contributed by atoms with Gasteiger partial charge < -0.3 is 5.32 Å². The van der Waals surface area contributed by atoms with E-state index in [0.29, 0.717) is 0 Å². The average Bonchev–Trinajstić information content (AvgIpc) is 2.17. The maximum absolute atomic E-state index is 13.4. The van der Waals surface area contributed by atoms with Gasteiger partial charge >= 0.3 is 0 Å². The van der Waals surface area contributed by atoms with Crippen LogP contribution in [0, 0.1) is 5.82 Å². The summed E-state index contributed by atoms with van der Waals surface area (Å²) in [6.07, 6.45) is 0.752. The van der Waals surface area contributed by atoms with Crippen molar-refractivity contribution in [2.75, 3.05) is 6.54 Å². The molecule has 0 fully saturated rings. The molecule has 1 aromatic carbocycles. The quantitative estimate of drug-likeness (QED) is 0.708. The third-order valence-electron chi connectivity index (χ3n) is 2.69. The molecule has 3 heteroatoms. The molecule has 1 heterocycles. The zero-order valence-corrected chi connectivity index (χ0v) is 8.81. The Kier molecular flexibility index (Phi) is 2.75. The molecule has 1 aromatic rings. The molecule has 0 amide bonds. The van der Waals surface area contributed by atoms with Gasteiger partial charge in [0.05, 0.1) is 5.38 Å². The van der Waals surface area contributed by atoms with Crippen LogP contribution >= 0.6 is 11.6 Å². The van der Waals surface area contributed by atoms with Crippen LogP contribution in [-0.2, 0) is 6.42 Å². The van der Waals surface area contributed by atoms with E-state index in [1.54, 1.807) is 6.07 Å². The van der Waals surface area contributed by atoms with Gasteiger partial charge in [-0.1, -0.05) is 12.1 Å². The predicted octanol–water partition coefficient (Wildman–Crippen LogP) is 2.64. The molecule has 0 bridgehead atoms. The highest BCUT2D eigenvalue weighted by Gasteiger charge is 2.24. The molecule has 1 aliphatic rings. The number of fused-ring (bicyclic) bond motifs is 1. The second-order valence-electron chi connectivity index (χ2n) is 3.67. The zero-order chi connectivity index (χ0) is 10.1. The van der Waals surface area contributed by atoms with Crippen molar-refractivity contribution in [2.45, 2.75) is 24.8 Å². The van der Waals surface area contributed by atoms with Crippen molar-refractivity contribution < 1.29 is 4.39 Å². The van der Waals surface area contributed by atoms with Gasteiger partial charge in [-0.3, -0.25) is 0 Å².